The molecule has 8 heteroatoms. The maximum atomic E-state index is 12.1. The van der Waals surface area contributed by atoms with Crippen molar-refractivity contribution in [3.8, 4) is 0 Å². The van der Waals surface area contributed by atoms with Crippen LogP contribution in [0.2, 0.25) is 0 Å². The third kappa shape index (κ3) is 3.65. The number of nitrogen functional groups attached to an aromatic ring is 1. The summed E-state index contributed by atoms with van der Waals surface area (Å²) in [6, 6.07) is 5.79. The van der Waals surface area contributed by atoms with Crippen LogP contribution < -0.4 is 10.6 Å². The highest BCUT2D eigenvalue weighted by molar-refractivity contribution is 6.08. The Kier molecular flexibility index (Phi) is 4.92. The van der Waals surface area contributed by atoms with Gasteiger partial charge in [0.1, 0.15) is 17.9 Å². The number of imidazole rings is 1. The van der Waals surface area contributed by atoms with E-state index in [9.17, 15) is 9.90 Å². The summed E-state index contributed by atoms with van der Waals surface area (Å²) in [7, 11) is 0. The first kappa shape index (κ1) is 19.6. The molecule has 1 fully saturated rings. The molecule has 3 N–H and O–H groups in total. The molecule has 0 unspecified atom stereocenters. The molecule has 0 aliphatic carbocycles. The fourth-order valence-corrected chi connectivity index (χ4v) is 3.90. The predicted molar refractivity (Wildman–Crippen MR) is 113 cm³/mol. The van der Waals surface area contributed by atoms with E-state index in [4.69, 9.17) is 10.5 Å². The highest BCUT2D eigenvalue weighted by Gasteiger charge is 2.25. The van der Waals surface area contributed by atoms with Crippen molar-refractivity contribution in [2.45, 2.75) is 52.4 Å². The number of nitrogens with zero attached hydrogens (tertiary/aromatic N) is 4. The van der Waals surface area contributed by atoms with E-state index in [2.05, 4.69) is 9.97 Å². The van der Waals surface area contributed by atoms with Gasteiger partial charge in [0.25, 0.3) is 0 Å². The van der Waals surface area contributed by atoms with Crippen molar-refractivity contribution >= 4 is 39.3 Å². The summed E-state index contributed by atoms with van der Waals surface area (Å²) >= 11 is 0. The largest absolute Gasteiger partial charge is 0.389 e. The number of hydrogen-bond acceptors (Lipinski definition) is 6. The maximum absolute atomic E-state index is 12.1. The number of carbonyl (C=O) groups excluding carboxylic acids is 1. The summed E-state index contributed by atoms with van der Waals surface area (Å²) < 4.78 is 7.55. The monoisotopic (exact) mass is 397 g/mol. The van der Waals surface area contributed by atoms with Crippen LogP contribution in [0.15, 0.2) is 18.2 Å². The number of nitrogens with two attached hydrogens (primary N) is 1. The molecule has 3 heterocycles. The average molecular weight is 397 g/mol. The molecule has 1 aliphatic rings. The van der Waals surface area contributed by atoms with E-state index >= 15 is 0 Å². The molecule has 0 radical (unpaired) electrons. The Balaban J connectivity index is 1.93. The zero-order valence-corrected chi connectivity index (χ0v) is 17.1. The SMILES string of the molecule is CCOCc1nc2c(N)nc3cc(N4CCCC4=O)ccc3c2n1CC(C)(C)O. The van der Waals surface area contributed by atoms with Gasteiger partial charge in [0.15, 0.2) is 5.82 Å². The molecule has 4 rings (SSSR count). The Morgan fingerprint density at radius 3 is 2.76 bits per heavy atom. The minimum atomic E-state index is -0.944. The van der Waals surface area contributed by atoms with Gasteiger partial charge < -0.3 is 25.0 Å². The molecule has 0 atom stereocenters. The number of amides is 1. The van der Waals surface area contributed by atoms with E-state index in [-0.39, 0.29) is 5.91 Å². The first-order valence-corrected chi connectivity index (χ1v) is 9.97. The molecule has 1 amide bonds. The van der Waals surface area contributed by atoms with E-state index in [0.29, 0.717) is 48.9 Å². The third-order valence-electron chi connectivity index (χ3n) is 5.13. The third-order valence-corrected chi connectivity index (χ3v) is 5.13. The smallest absolute Gasteiger partial charge is 0.227 e. The zero-order chi connectivity index (χ0) is 20.8. The van der Waals surface area contributed by atoms with Crippen molar-refractivity contribution in [1.29, 1.82) is 0 Å². The molecular weight excluding hydrogens is 370 g/mol. The van der Waals surface area contributed by atoms with Crippen LogP contribution in [-0.2, 0) is 22.7 Å². The summed E-state index contributed by atoms with van der Waals surface area (Å²) in [4.78, 5) is 23.1. The van der Waals surface area contributed by atoms with Gasteiger partial charge in [-0.2, -0.15) is 0 Å². The Morgan fingerprint density at radius 1 is 1.31 bits per heavy atom. The number of hydrogen-bond donors (Lipinski definition) is 2. The fourth-order valence-electron chi connectivity index (χ4n) is 3.90. The van der Waals surface area contributed by atoms with Gasteiger partial charge >= 0.3 is 0 Å². The van der Waals surface area contributed by atoms with Gasteiger partial charge in [-0.05, 0) is 45.4 Å². The summed E-state index contributed by atoms with van der Waals surface area (Å²) in [5.74, 6) is 1.15. The Labute approximate surface area is 169 Å². The number of benzene rings is 1. The molecular formula is C21H27N5O3. The van der Waals surface area contributed by atoms with Crippen LogP contribution in [0, 0.1) is 0 Å². The fraction of sp³-hybridized carbons (Fsp3) is 0.476. The van der Waals surface area contributed by atoms with Gasteiger partial charge in [0.2, 0.25) is 5.91 Å². The van der Waals surface area contributed by atoms with Crippen LogP contribution in [0.5, 0.6) is 0 Å². The molecule has 3 aromatic rings. The zero-order valence-electron chi connectivity index (χ0n) is 17.1. The molecule has 0 bridgehead atoms. The maximum Gasteiger partial charge on any atom is 0.227 e. The number of rotatable bonds is 6. The molecule has 8 nitrogen and oxygen atoms in total. The summed E-state index contributed by atoms with van der Waals surface area (Å²) in [5, 5.41) is 11.4. The normalized spacial score (nSPS) is 15.2. The highest BCUT2D eigenvalue weighted by Crippen LogP contribution is 2.33. The lowest BCUT2D eigenvalue weighted by Gasteiger charge is -2.21. The number of carbonyl (C=O) groups is 1. The summed E-state index contributed by atoms with van der Waals surface area (Å²) in [6.07, 6.45) is 1.44. The van der Waals surface area contributed by atoms with Crippen LogP contribution in [-0.4, -0.2) is 44.3 Å². The molecule has 2 aromatic heterocycles. The quantitative estimate of drug-likeness (QED) is 0.662. The van der Waals surface area contributed by atoms with Crippen LogP contribution >= 0.6 is 0 Å². The summed E-state index contributed by atoms with van der Waals surface area (Å²) in [5.41, 5.74) is 8.26. The Bertz CT molecular complexity index is 1080. The molecule has 1 aromatic carbocycles. The number of pyridine rings is 1. The van der Waals surface area contributed by atoms with Crippen molar-refractivity contribution in [2.75, 3.05) is 23.8 Å². The van der Waals surface area contributed by atoms with Gasteiger partial charge in [-0.1, -0.05) is 0 Å². The van der Waals surface area contributed by atoms with E-state index in [0.717, 1.165) is 29.6 Å². The summed E-state index contributed by atoms with van der Waals surface area (Å²) in [6.45, 7) is 7.39. The number of ether oxygens (including phenoxy) is 1. The second-order valence-electron chi connectivity index (χ2n) is 8.11. The number of fused-ring (bicyclic) bond motifs is 3. The minimum absolute atomic E-state index is 0.129. The van der Waals surface area contributed by atoms with Crippen molar-refractivity contribution in [1.82, 2.24) is 14.5 Å². The molecule has 1 saturated heterocycles. The number of aromatic nitrogens is 3. The van der Waals surface area contributed by atoms with E-state index < -0.39 is 5.60 Å². The molecule has 154 valence electrons. The number of anilines is 2. The van der Waals surface area contributed by atoms with Crippen LogP contribution in [0.1, 0.15) is 39.4 Å². The van der Waals surface area contributed by atoms with Crippen molar-refractivity contribution in [3.05, 3.63) is 24.0 Å². The molecule has 29 heavy (non-hydrogen) atoms. The molecule has 0 spiro atoms. The topological polar surface area (TPSA) is 107 Å². The van der Waals surface area contributed by atoms with Gasteiger partial charge in [-0.25, -0.2) is 9.97 Å². The Hall–Kier alpha value is -2.71. The lowest BCUT2D eigenvalue weighted by atomic mass is 10.1. The van der Waals surface area contributed by atoms with Crippen molar-refractivity contribution < 1.29 is 14.6 Å². The van der Waals surface area contributed by atoms with Crippen LogP contribution in [0.25, 0.3) is 21.9 Å². The second kappa shape index (κ2) is 7.27. The van der Waals surface area contributed by atoms with E-state index in [1.807, 2.05) is 29.7 Å². The highest BCUT2D eigenvalue weighted by atomic mass is 16.5. The Morgan fingerprint density at radius 2 is 2.10 bits per heavy atom. The molecule has 1 aliphatic heterocycles. The standard InChI is InChI=1S/C21H27N5O3/c1-4-29-11-16-24-18-19(26(16)12-21(2,3)28)14-8-7-13(10-15(14)23-20(18)22)25-9-5-6-17(25)27/h7-8,10,28H,4-6,9,11-12H2,1-3H3,(H2,22,23). The van der Waals surface area contributed by atoms with Crippen molar-refractivity contribution in [3.63, 3.8) is 0 Å². The van der Waals surface area contributed by atoms with E-state index in [1.54, 1.807) is 18.7 Å². The van der Waals surface area contributed by atoms with Gasteiger partial charge in [0.05, 0.1) is 23.2 Å². The van der Waals surface area contributed by atoms with Crippen LogP contribution in [0.3, 0.4) is 0 Å². The first-order chi connectivity index (χ1) is 13.8. The number of aliphatic hydroxyl groups is 1. The van der Waals surface area contributed by atoms with Crippen molar-refractivity contribution in [2.24, 2.45) is 0 Å². The lowest BCUT2D eigenvalue weighted by molar-refractivity contribution is -0.117. The average Bonchev–Trinajstić information content (AvgIpc) is 3.23. The minimum Gasteiger partial charge on any atom is -0.389 e. The van der Waals surface area contributed by atoms with E-state index in [1.165, 1.54) is 0 Å². The van der Waals surface area contributed by atoms with Gasteiger partial charge in [-0.15, -0.1) is 0 Å². The predicted octanol–water partition coefficient (Wildman–Crippen LogP) is 2.60. The lowest BCUT2D eigenvalue weighted by Crippen LogP contribution is -2.27. The van der Waals surface area contributed by atoms with Gasteiger partial charge in [-0.3, -0.25) is 4.79 Å². The first-order valence-electron chi connectivity index (χ1n) is 9.97. The second-order valence-corrected chi connectivity index (χ2v) is 8.11. The van der Waals surface area contributed by atoms with Gasteiger partial charge in [0, 0.05) is 30.6 Å². The molecule has 0 saturated carbocycles. The van der Waals surface area contributed by atoms with Crippen LogP contribution in [0.4, 0.5) is 11.5 Å².